The van der Waals surface area contributed by atoms with Crippen LogP contribution in [0.25, 0.3) is 0 Å². The van der Waals surface area contributed by atoms with Crippen molar-refractivity contribution in [2.75, 3.05) is 11.1 Å². The summed E-state index contributed by atoms with van der Waals surface area (Å²) in [7, 11) is 0. The zero-order chi connectivity index (χ0) is 13.1. The van der Waals surface area contributed by atoms with E-state index in [0.29, 0.717) is 16.9 Å². The number of nitrogens with two attached hydrogens (primary N) is 1. The summed E-state index contributed by atoms with van der Waals surface area (Å²) in [4.78, 5) is 16.1. The first-order valence-corrected chi connectivity index (χ1v) is 5.74. The van der Waals surface area contributed by atoms with Gasteiger partial charge in [-0.15, -0.1) is 0 Å². The number of hydrogen-bond donors (Lipinski definition) is 2. The van der Waals surface area contributed by atoms with E-state index in [1.807, 2.05) is 6.92 Å². The molecular formula is C13H12ClN3O. The average molecular weight is 262 g/mol. The normalized spacial score (nSPS) is 10.1. The summed E-state index contributed by atoms with van der Waals surface area (Å²) in [5, 5.41) is 2.94. The van der Waals surface area contributed by atoms with Gasteiger partial charge >= 0.3 is 0 Å². The van der Waals surface area contributed by atoms with Gasteiger partial charge in [-0.3, -0.25) is 4.79 Å². The number of anilines is 2. The van der Waals surface area contributed by atoms with Crippen molar-refractivity contribution in [3.05, 3.63) is 52.8 Å². The molecule has 4 nitrogen and oxygen atoms in total. The molecular weight excluding hydrogens is 250 g/mol. The van der Waals surface area contributed by atoms with Crippen LogP contribution in [-0.4, -0.2) is 10.9 Å². The van der Waals surface area contributed by atoms with E-state index in [0.717, 1.165) is 5.69 Å². The molecule has 0 saturated heterocycles. The van der Waals surface area contributed by atoms with Crippen LogP contribution in [0, 0.1) is 6.92 Å². The Morgan fingerprint density at radius 1 is 1.28 bits per heavy atom. The molecule has 0 fully saturated rings. The van der Waals surface area contributed by atoms with Gasteiger partial charge in [0.15, 0.2) is 5.15 Å². The van der Waals surface area contributed by atoms with Crippen molar-refractivity contribution in [3.63, 3.8) is 0 Å². The molecule has 3 N–H and O–H groups in total. The number of pyridine rings is 1. The molecule has 18 heavy (non-hydrogen) atoms. The lowest BCUT2D eigenvalue weighted by Gasteiger charge is -2.08. The Kier molecular flexibility index (Phi) is 3.48. The molecule has 1 aromatic carbocycles. The third-order valence-corrected chi connectivity index (χ3v) is 2.73. The van der Waals surface area contributed by atoms with E-state index < -0.39 is 0 Å². The molecule has 0 spiro atoms. The molecule has 0 saturated carbocycles. The number of hydrogen-bond acceptors (Lipinski definition) is 3. The quantitative estimate of drug-likeness (QED) is 0.645. The molecule has 0 aliphatic carbocycles. The van der Waals surface area contributed by atoms with E-state index in [9.17, 15) is 4.79 Å². The van der Waals surface area contributed by atoms with Crippen molar-refractivity contribution in [1.29, 1.82) is 0 Å². The van der Waals surface area contributed by atoms with Gasteiger partial charge < -0.3 is 11.1 Å². The first kappa shape index (κ1) is 12.4. The largest absolute Gasteiger partial charge is 0.398 e. The highest BCUT2D eigenvalue weighted by molar-refractivity contribution is 6.32. The minimum absolute atomic E-state index is 0.262. The van der Waals surface area contributed by atoms with Crippen LogP contribution in [0.3, 0.4) is 0 Å². The van der Waals surface area contributed by atoms with Crippen molar-refractivity contribution in [2.45, 2.75) is 6.92 Å². The van der Waals surface area contributed by atoms with Crippen LogP contribution in [0.15, 0.2) is 36.4 Å². The van der Waals surface area contributed by atoms with Crippen molar-refractivity contribution < 1.29 is 4.79 Å². The van der Waals surface area contributed by atoms with Crippen LogP contribution in [0.1, 0.15) is 16.1 Å². The van der Waals surface area contributed by atoms with Crippen LogP contribution >= 0.6 is 11.6 Å². The van der Waals surface area contributed by atoms with Crippen molar-refractivity contribution in [1.82, 2.24) is 4.98 Å². The second kappa shape index (κ2) is 5.06. The van der Waals surface area contributed by atoms with Crippen LogP contribution in [0.2, 0.25) is 5.15 Å². The summed E-state index contributed by atoms with van der Waals surface area (Å²) in [6.07, 6.45) is 0. The summed E-state index contributed by atoms with van der Waals surface area (Å²) in [5.74, 6) is -0.305. The van der Waals surface area contributed by atoms with Crippen LogP contribution in [0.5, 0.6) is 0 Å². The molecule has 0 aliphatic rings. The second-order valence-corrected chi connectivity index (χ2v) is 4.19. The van der Waals surface area contributed by atoms with Crippen molar-refractivity contribution in [2.24, 2.45) is 0 Å². The first-order chi connectivity index (χ1) is 8.58. The second-order valence-electron chi connectivity index (χ2n) is 3.83. The van der Waals surface area contributed by atoms with E-state index >= 15 is 0 Å². The fraction of sp³-hybridized carbons (Fsp3) is 0.0769. The average Bonchev–Trinajstić information content (AvgIpc) is 2.33. The van der Waals surface area contributed by atoms with Crippen LogP contribution in [-0.2, 0) is 0 Å². The summed E-state index contributed by atoms with van der Waals surface area (Å²) < 4.78 is 0. The smallest absolute Gasteiger partial charge is 0.257 e. The molecule has 5 heteroatoms. The third-order valence-electron chi connectivity index (χ3n) is 2.44. The Labute approximate surface area is 110 Å². The number of halogens is 1. The Morgan fingerprint density at radius 3 is 2.67 bits per heavy atom. The Balaban J connectivity index is 2.24. The predicted octanol–water partition coefficient (Wildman–Crippen LogP) is 2.88. The van der Waals surface area contributed by atoms with E-state index in [1.165, 1.54) is 0 Å². The minimum atomic E-state index is -0.305. The molecule has 1 amide bonds. The van der Waals surface area contributed by atoms with Gasteiger partial charge in [-0.05, 0) is 31.2 Å². The first-order valence-electron chi connectivity index (χ1n) is 5.37. The Morgan fingerprint density at radius 2 is 2.00 bits per heavy atom. The van der Waals surface area contributed by atoms with Gasteiger partial charge in [0.25, 0.3) is 5.91 Å². The zero-order valence-electron chi connectivity index (χ0n) is 9.77. The van der Waals surface area contributed by atoms with Gasteiger partial charge in [0.05, 0.1) is 11.3 Å². The summed E-state index contributed by atoms with van der Waals surface area (Å²) >= 11 is 5.94. The molecule has 0 unspecified atom stereocenters. The number of nitrogens with zero attached hydrogens (tertiary/aromatic N) is 1. The van der Waals surface area contributed by atoms with Gasteiger partial charge in [-0.2, -0.15) is 0 Å². The zero-order valence-corrected chi connectivity index (χ0v) is 10.5. The van der Waals surface area contributed by atoms with Crippen LogP contribution in [0.4, 0.5) is 11.4 Å². The molecule has 2 rings (SSSR count). The van der Waals surface area contributed by atoms with Gasteiger partial charge in [-0.1, -0.05) is 23.7 Å². The molecule has 1 aromatic heterocycles. The SMILES string of the molecule is Cc1ccc(NC(=O)c2ccccc2N)c(Cl)n1. The summed E-state index contributed by atoms with van der Waals surface area (Å²) in [5.41, 5.74) is 7.82. The number of carbonyl (C=O) groups is 1. The minimum Gasteiger partial charge on any atom is -0.398 e. The number of aromatic nitrogens is 1. The predicted molar refractivity (Wildman–Crippen MR) is 72.8 cm³/mol. The van der Waals surface area contributed by atoms with Gasteiger partial charge in [0.2, 0.25) is 0 Å². The Hall–Kier alpha value is -2.07. The maximum absolute atomic E-state index is 12.0. The highest BCUT2D eigenvalue weighted by Gasteiger charge is 2.11. The third kappa shape index (κ3) is 2.60. The lowest BCUT2D eigenvalue weighted by molar-refractivity contribution is 0.102. The maximum Gasteiger partial charge on any atom is 0.257 e. The number of rotatable bonds is 2. The highest BCUT2D eigenvalue weighted by atomic mass is 35.5. The van der Waals surface area contributed by atoms with Crippen molar-refractivity contribution >= 4 is 28.9 Å². The number of carbonyl (C=O) groups excluding carboxylic acids is 1. The molecule has 0 atom stereocenters. The van der Waals surface area contributed by atoms with Gasteiger partial charge in [0, 0.05) is 11.4 Å². The fourth-order valence-electron chi connectivity index (χ4n) is 1.51. The van der Waals surface area contributed by atoms with Gasteiger partial charge in [0.1, 0.15) is 0 Å². The topological polar surface area (TPSA) is 68.0 Å². The summed E-state index contributed by atoms with van der Waals surface area (Å²) in [6, 6.07) is 10.3. The van der Waals surface area contributed by atoms with Crippen molar-refractivity contribution in [3.8, 4) is 0 Å². The van der Waals surface area contributed by atoms with E-state index in [1.54, 1.807) is 36.4 Å². The van der Waals surface area contributed by atoms with Crippen LogP contribution < -0.4 is 11.1 Å². The molecule has 0 radical (unpaired) electrons. The molecule has 0 aliphatic heterocycles. The van der Waals surface area contributed by atoms with E-state index in [-0.39, 0.29) is 11.1 Å². The van der Waals surface area contributed by atoms with E-state index in [2.05, 4.69) is 10.3 Å². The number of nitrogen functional groups attached to an aromatic ring is 1. The monoisotopic (exact) mass is 261 g/mol. The lowest BCUT2D eigenvalue weighted by atomic mass is 10.1. The highest BCUT2D eigenvalue weighted by Crippen LogP contribution is 2.21. The molecule has 92 valence electrons. The number of aryl methyl sites for hydroxylation is 1. The lowest BCUT2D eigenvalue weighted by Crippen LogP contribution is -2.14. The summed E-state index contributed by atoms with van der Waals surface area (Å²) in [6.45, 7) is 1.83. The maximum atomic E-state index is 12.0. The van der Waals surface area contributed by atoms with Gasteiger partial charge in [-0.25, -0.2) is 4.98 Å². The Bertz CT molecular complexity index is 599. The fourth-order valence-corrected chi connectivity index (χ4v) is 1.76. The van der Waals surface area contributed by atoms with E-state index in [4.69, 9.17) is 17.3 Å². The number of amides is 1. The number of para-hydroxylation sites is 1. The molecule has 2 aromatic rings. The standard InChI is InChI=1S/C13H12ClN3O/c1-8-6-7-11(12(14)16-8)17-13(18)9-4-2-3-5-10(9)15/h2-7H,15H2,1H3,(H,17,18). The molecule has 1 heterocycles. The number of benzene rings is 1. The molecule has 0 bridgehead atoms. The number of nitrogens with one attached hydrogen (secondary N) is 1.